The standard InChI is InChI=1S/C15H24O4/c1-13(2)9(17)5-6-14(3)8(7-16)15(4)12(19-15)10(18)11(13)14/h8-9,11-12,16-17H,5-7H2,1-4H3/t8-,9+,11+,12+,14-,15-/m1/s1. The van der Waals surface area contributed by atoms with Crippen LogP contribution in [0.3, 0.4) is 0 Å². The number of ether oxygens (including phenoxy) is 1. The molecule has 0 unspecified atom stereocenters. The van der Waals surface area contributed by atoms with Crippen LogP contribution in [0.5, 0.6) is 0 Å². The Bertz CT molecular complexity index is 432. The van der Waals surface area contributed by atoms with Gasteiger partial charge in [-0.1, -0.05) is 20.8 Å². The van der Waals surface area contributed by atoms with E-state index in [1.54, 1.807) is 0 Å². The number of carbonyl (C=O) groups is 1. The molecule has 2 aliphatic carbocycles. The van der Waals surface area contributed by atoms with E-state index in [4.69, 9.17) is 4.74 Å². The zero-order valence-corrected chi connectivity index (χ0v) is 12.1. The highest BCUT2D eigenvalue weighted by molar-refractivity contribution is 5.92. The Morgan fingerprint density at radius 2 is 1.95 bits per heavy atom. The van der Waals surface area contributed by atoms with Crippen LogP contribution in [0, 0.1) is 22.7 Å². The Kier molecular flexibility index (Phi) is 2.56. The van der Waals surface area contributed by atoms with Gasteiger partial charge in [-0.15, -0.1) is 0 Å². The summed E-state index contributed by atoms with van der Waals surface area (Å²) in [5.74, 6) is -0.139. The Hall–Kier alpha value is -0.450. The number of hydrogen-bond donors (Lipinski definition) is 2. The van der Waals surface area contributed by atoms with Crippen molar-refractivity contribution in [2.24, 2.45) is 22.7 Å². The van der Waals surface area contributed by atoms with E-state index >= 15 is 0 Å². The van der Waals surface area contributed by atoms with Gasteiger partial charge in [-0.05, 0) is 25.2 Å². The van der Waals surface area contributed by atoms with Crippen LogP contribution in [0.4, 0.5) is 0 Å². The van der Waals surface area contributed by atoms with Gasteiger partial charge in [-0.25, -0.2) is 0 Å². The molecule has 4 heteroatoms. The van der Waals surface area contributed by atoms with Crippen molar-refractivity contribution in [3.05, 3.63) is 0 Å². The van der Waals surface area contributed by atoms with Crippen molar-refractivity contribution in [3.63, 3.8) is 0 Å². The summed E-state index contributed by atoms with van der Waals surface area (Å²) in [6.45, 7) is 8.01. The molecular formula is C15H24O4. The first-order valence-electron chi connectivity index (χ1n) is 7.20. The van der Waals surface area contributed by atoms with E-state index in [1.165, 1.54) is 0 Å². The lowest BCUT2D eigenvalue weighted by Gasteiger charge is -2.57. The van der Waals surface area contributed by atoms with Gasteiger partial charge < -0.3 is 14.9 Å². The third-order valence-electron chi connectivity index (χ3n) is 6.27. The maximum atomic E-state index is 12.7. The number of aliphatic hydroxyl groups excluding tert-OH is 2. The molecule has 108 valence electrons. The fourth-order valence-electron chi connectivity index (χ4n) is 5.09. The van der Waals surface area contributed by atoms with Crippen molar-refractivity contribution in [1.82, 2.24) is 0 Å². The summed E-state index contributed by atoms with van der Waals surface area (Å²) in [6.07, 6.45) is 0.611. The second-order valence-corrected chi connectivity index (χ2v) is 7.63. The Balaban J connectivity index is 2.09. The lowest BCUT2D eigenvalue weighted by Crippen LogP contribution is -2.62. The van der Waals surface area contributed by atoms with Gasteiger partial charge >= 0.3 is 0 Å². The maximum Gasteiger partial charge on any atom is 0.168 e. The lowest BCUT2D eigenvalue weighted by atomic mass is 9.45. The van der Waals surface area contributed by atoms with Crippen molar-refractivity contribution in [2.45, 2.75) is 58.3 Å². The highest BCUT2D eigenvalue weighted by Crippen LogP contribution is 2.66. The van der Waals surface area contributed by atoms with Gasteiger partial charge in [0.1, 0.15) is 11.7 Å². The molecule has 2 N–H and O–H groups in total. The van der Waals surface area contributed by atoms with Crippen LogP contribution in [-0.2, 0) is 9.53 Å². The van der Waals surface area contributed by atoms with Crippen LogP contribution >= 0.6 is 0 Å². The molecule has 19 heavy (non-hydrogen) atoms. The average molecular weight is 268 g/mol. The number of hydrogen-bond acceptors (Lipinski definition) is 4. The van der Waals surface area contributed by atoms with Gasteiger partial charge in [0.15, 0.2) is 5.78 Å². The van der Waals surface area contributed by atoms with Crippen LogP contribution < -0.4 is 0 Å². The van der Waals surface area contributed by atoms with Gasteiger partial charge in [-0.2, -0.15) is 0 Å². The first kappa shape index (κ1) is 13.5. The summed E-state index contributed by atoms with van der Waals surface area (Å²) in [5, 5.41) is 20.1. The summed E-state index contributed by atoms with van der Waals surface area (Å²) < 4.78 is 5.68. The minimum absolute atomic E-state index is 0.0283. The molecule has 0 aromatic carbocycles. The zero-order chi connectivity index (χ0) is 14.2. The molecular weight excluding hydrogens is 244 g/mol. The summed E-state index contributed by atoms with van der Waals surface area (Å²) in [7, 11) is 0. The van der Waals surface area contributed by atoms with E-state index in [2.05, 4.69) is 6.92 Å². The molecule has 0 amide bonds. The predicted octanol–water partition coefficient (Wildman–Crippen LogP) is 1.14. The molecule has 3 fully saturated rings. The molecule has 1 heterocycles. The highest BCUT2D eigenvalue weighted by Gasteiger charge is 2.75. The molecule has 0 aromatic heterocycles. The van der Waals surface area contributed by atoms with Crippen LogP contribution in [0.1, 0.15) is 40.5 Å². The maximum absolute atomic E-state index is 12.7. The minimum atomic E-state index is -0.491. The first-order chi connectivity index (χ1) is 8.69. The monoisotopic (exact) mass is 268 g/mol. The molecule has 6 atom stereocenters. The van der Waals surface area contributed by atoms with Gasteiger partial charge in [0.25, 0.3) is 0 Å². The molecule has 2 saturated carbocycles. The van der Waals surface area contributed by atoms with E-state index in [-0.39, 0.29) is 35.7 Å². The minimum Gasteiger partial charge on any atom is -0.396 e. The molecule has 1 saturated heterocycles. The Morgan fingerprint density at radius 3 is 2.53 bits per heavy atom. The number of fused-ring (bicyclic) bond motifs is 2. The molecule has 3 aliphatic rings. The molecule has 0 radical (unpaired) electrons. The summed E-state index contributed by atoms with van der Waals surface area (Å²) in [5.41, 5.74) is -1.23. The molecule has 4 nitrogen and oxygen atoms in total. The summed E-state index contributed by atoms with van der Waals surface area (Å²) in [4.78, 5) is 12.7. The van der Waals surface area contributed by atoms with E-state index in [1.807, 2.05) is 20.8 Å². The van der Waals surface area contributed by atoms with Crippen LogP contribution in [0.2, 0.25) is 0 Å². The molecule has 0 aromatic rings. The number of Topliss-reactive ketones (excluding diaryl/α,β-unsaturated/α-hetero) is 1. The Morgan fingerprint density at radius 1 is 1.32 bits per heavy atom. The fraction of sp³-hybridized carbons (Fsp3) is 0.933. The first-order valence-corrected chi connectivity index (χ1v) is 7.20. The van der Waals surface area contributed by atoms with E-state index in [0.29, 0.717) is 6.42 Å². The average Bonchev–Trinajstić information content (AvgIpc) is 2.98. The van der Waals surface area contributed by atoms with E-state index < -0.39 is 17.1 Å². The van der Waals surface area contributed by atoms with E-state index in [0.717, 1.165) is 6.42 Å². The third-order valence-corrected chi connectivity index (χ3v) is 6.27. The topological polar surface area (TPSA) is 70.1 Å². The largest absolute Gasteiger partial charge is 0.396 e. The highest BCUT2D eigenvalue weighted by atomic mass is 16.6. The fourth-order valence-corrected chi connectivity index (χ4v) is 5.09. The quantitative estimate of drug-likeness (QED) is 0.700. The third kappa shape index (κ3) is 1.43. The molecule has 1 aliphatic heterocycles. The number of carbonyl (C=O) groups excluding carboxylic acids is 1. The molecule has 3 rings (SSSR count). The summed E-state index contributed by atoms with van der Waals surface area (Å²) >= 11 is 0. The number of aliphatic hydroxyl groups is 2. The van der Waals surface area contributed by atoms with Crippen molar-refractivity contribution in [1.29, 1.82) is 0 Å². The van der Waals surface area contributed by atoms with Crippen molar-refractivity contribution < 1.29 is 19.7 Å². The van der Waals surface area contributed by atoms with Gasteiger partial charge in [0.05, 0.1) is 6.10 Å². The number of rotatable bonds is 1. The smallest absolute Gasteiger partial charge is 0.168 e. The second-order valence-electron chi connectivity index (χ2n) is 7.63. The SMILES string of the molecule is CC1(C)[C@@H](O)CC[C@]2(C)[C@@H](CO)[C@@]3(C)O[C@H]3C(=O)[C@@H]12. The number of ketones is 1. The van der Waals surface area contributed by atoms with Crippen LogP contribution in [-0.4, -0.2) is 40.4 Å². The van der Waals surface area contributed by atoms with Gasteiger partial charge in [-0.3, -0.25) is 4.79 Å². The number of epoxide rings is 1. The normalized spacial score (nSPS) is 55.4. The van der Waals surface area contributed by atoms with Gasteiger partial charge in [0.2, 0.25) is 0 Å². The predicted molar refractivity (Wildman–Crippen MR) is 69.5 cm³/mol. The van der Waals surface area contributed by atoms with Gasteiger partial charge in [0, 0.05) is 23.9 Å². The lowest BCUT2D eigenvalue weighted by molar-refractivity contribution is -0.166. The molecule has 0 spiro atoms. The Labute approximate surface area is 114 Å². The summed E-state index contributed by atoms with van der Waals surface area (Å²) in [6, 6.07) is 0. The zero-order valence-electron chi connectivity index (χ0n) is 12.1. The van der Waals surface area contributed by atoms with Crippen molar-refractivity contribution in [3.8, 4) is 0 Å². The van der Waals surface area contributed by atoms with Crippen LogP contribution in [0.25, 0.3) is 0 Å². The second kappa shape index (κ2) is 3.60. The van der Waals surface area contributed by atoms with Crippen LogP contribution in [0.15, 0.2) is 0 Å². The van der Waals surface area contributed by atoms with Crippen molar-refractivity contribution in [2.75, 3.05) is 6.61 Å². The van der Waals surface area contributed by atoms with Crippen molar-refractivity contribution >= 4 is 5.78 Å². The molecule has 0 bridgehead atoms. The van der Waals surface area contributed by atoms with E-state index in [9.17, 15) is 15.0 Å².